The van der Waals surface area contributed by atoms with E-state index in [1.165, 1.54) is 32.4 Å². The van der Waals surface area contributed by atoms with Crippen LogP contribution in [0.25, 0.3) is 0 Å². The molecule has 0 bridgehead atoms. The van der Waals surface area contributed by atoms with Gasteiger partial charge in [-0.05, 0) is 44.8 Å². The smallest absolute Gasteiger partial charge is 0.0646 e. The van der Waals surface area contributed by atoms with Crippen LogP contribution in [0.2, 0.25) is 0 Å². The Labute approximate surface area is 88.8 Å². The Kier molecular flexibility index (Phi) is 3.16. The molecule has 0 spiro atoms. The van der Waals surface area contributed by atoms with Crippen LogP contribution in [0.4, 0.5) is 0 Å². The van der Waals surface area contributed by atoms with E-state index in [1.807, 2.05) is 7.11 Å². The zero-order valence-electron chi connectivity index (χ0n) is 9.62. The van der Waals surface area contributed by atoms with Gasteiger partial charge in [-0.15, -0.1) is 7.92 Å². The molecule has 2 aliphatic rings. The topological polar surface area (TPSA) is 12.5 Å². The number of ether oxygens (including phenoxy) is 1. The first-order valence-corrected chi connectivity index (χ1v) is 7.89. The number of rotatable bonds is 3. The molecule has 2 nitrogen and oxygen atoms in total. The zero-order valence-corrected chi connectivity index (χ0v) is 10.5. The van der Waals surface area contributed by atoms with Gasteiger partial charge in [0, 0.05) is 19.2 Å². The summed E-state index contributed by atoms with van der Waals surface area (Å²) >= 11 is 0. The predicted molar refractivity (Wildman–Crippen MR) is 62.6 cm³/mol. The third kappa shape index (κ3) is 1.73. The second kappa shape index (κ2) is 4.08. The maximum absolute atomic E-state index is 5.42. The lowest BCUT2D eigenvalue weighted by atomic mass is 9.95. The Balaban J connectivity index is 2.06. The van der Waals surface area contributed by atoms with Crippen LogP contribution in [-0.2, 0) is 4.74 Å². The number of hydrogen-bond donors (Lipinski definition) is 0. The van der Waals surface area contributed by atoms with E-state index in [4.69, 9.17) is 4.74 Å². The highest BCUT2D eigenvalue weighted by atomic mass is 31.1. The lowest BCUT2D eigenvalue weighted by molar-refractivity contribution is 0.0655. The molecule has 2 fully saturated rings. The zero-order chi connectivity index (χ0) is 10.2. The van der Waals surface area contributed by atoms with Gasteiger partial charge in [0.2, 0.25) is 0 Å². The molecule has 2 atom stereocenters. The first kappa shape index (κ1) is 10.9. The summed E-state index contributed by atoms with van der Waals surface area (Å²) in [6, 6.07) is 0. The van der Waals surface area contributed by atoms with Crippen molar-refractivity contribution in [3.05, 3.63) is 0 Å². The van der Waals surface area contributed by atoms with E-state index < -0.39 is 0 Å². The molecule has 2 unspecified atom stereocenters. The van der Waals surface area contributed by atoms with E-state index in [0.29, 0.717) is 5.54 Å². The van der Waals surface area contributed by atoms with Gasteiger partial charge < -0.3 is 4.74 Å². The minimum absolute atomic E-state index is 0.234. The number of hydrogen-bond acceptors (Lipinski definition) is 2. The maximum Gasteiger partial charge on any atom is 0.0646 e. The number of fused-ring (bicyclic) bond motifs is 1. The minimum atomic E-state index is 0.234. The highest BCUT2D eigenvalue weighted by Crippen LogP contribution is 2.48. The third-order valence-corrected chi connectivity index (χ3v) is 5.74. The van der Waals surface area contributed by atoms with E-state index in [9.17, 15) is 0 Å². The molecule has 0 amide bonds. The van der Waals surface area contributed by atoms with Crippen LogP contribution in [-0.4, -0.2) is 56.2 Å². The fraction of sp³-hybridized carbons (Fsp3) is 1.00. The average molecular weight is 215 g/mol. The van der Waals surface area contributed by atoms with Crippen LogP contribution < -0.4 is 0 Å². The van der Waals surface area contributed by atoms with Gasteiger partial charge in [0.1, 0.15) is 0 Å². The second-order valence-corrected chi connectivity index (χ2v) is 7.69. The summed E-state index contributed by atoms with van der Waals surface area (Å²) in [5.41, 5.74) is 1.40. The molecule has 0 aromatic heterocycles. The van der Waals surface area contributed by atoms with E-state index >= 15 is 0 Å². The van der Waals surface area contributed by atoms with Crippen LogP contribution in [0.3, 0.4) is 0 Å². The molecular formula is C11H22NOP. The van der Waals surface area contributed by atoms with Crippen molar-refractivity contribution in [3.63, 3.8) is 0 Å². The third-order valence-electron chi connectivity index (χ3n) is 3.93. The van der Waals surface area contributed by atoms with Gasteiger partial charge in [-0.3, -0.25) is 4.90 Å². The standard InChI is InChI=1S/C11H22NOP/c1-13-9-11-5-4-6-12(11)8-10(7-11)14(2)3/h10H,4-9H2,1-3H3. The normalized spacial score (nSPS) is 38.1. The first-order valence-electron chi connectivity index (χ1n) is 5.58. The van der Waals surface area contributed by atoms with Crippen molar-refractivity contribution in [1.29, 1.82) is 0 Å². The van der Waals surface area contributed by atoms with Crippen LogP contribution in [0.15, 0.2) is 0 Å². The average Bonchev–Trinajstić information content (AvgIpc) is 2.60. The van der Waals surface area contributed by atoms with Crippen molar-refractivity contribution in [2.45, 2.75) is 30.5 Å². The van der Waals surface area contributed by atoms with Crippen molar-refractivity contribution in [2.75, 3.05) is 40.1 Å². The Morgan fingerprint density at radius 2 is 2.29 bits per heavy atom. The summed E-state index contributed by atoms with van der Waals surface area (Å²) in [6.45, 7) is 8.43. The molecule has 2 rings (SSSR count). The Morgan fingerprint density at radius 3 is 2.93 bits per heavy atom. The molecule has 0 aromatic carbocycles. The van der Waals surface area contributed by atoms with E-state index in [2.05, 4.69) is 18.2 Å². The molecule has 0 saturated carbocycles. The molecular weight excluding hydrogens is 193 g/mol. The van der Waals surface area contributed by atoms with Crippen molar-refractivity contribution < 1.29 is 4.74 Å². The predicted octanol–water partition coefficient (Wildman–Crippen LogP) is 1.98. The molecule has 0 radical (unpaired) electrons. The van der Waals surface area contributed by atoms with Gasteiger partial charge in [0.05, 0.1) is 6.61 Å². The van der Waals surface area contributed by atoms with Crippen molar-refractivity contribution in [2.24, 2.45) is 0 Å². The lowest BCUT2D eigenvalue weighted by Gasteiger charge is -2.30. The summed E-state index contributed by atoms with van der Waals surface area (Å²) in [5.74, 6) is 0. The largest absolute Gasteiger partial charge is 0.383 e. The highest BCUT2D eigenvalue weighted by molar-refractivity contribution is 7.56. The summed E-state index contributed by atoms with van der Waals surface area (Å²) < 4.78 is 5.42. The molecule has 82 valence electrons. The van der Waals surface area contributed by atoms with E-state index in [1.54, 1.807) is 0 Å². The van der Waals surface area contributed by atoms with Crippen molar-refractivity contribution in [1.82, 2.24) is 4.90 Å². The van der Waals surface area contributed by atoms with Crippen LogP contribution >= 0.6 is 7.92 Å². The summed E-state index contributed by atoms with van der Waals surface area (Å²) in [4.78, 5) is 2.70. The number of methoxy groups -OCH3 is 1. The fourth-order valence-corrected chi connectivity index (χ4v) is 4.33. The van der Waals surface area contributed by atoms with Crippen LogP contribution in [0, 0.1) is 0 Å². The van der Waals surface area contributed by atoms with Gasteiger partial charge in [-0.1, -0.05) is 0 Å². The summed E-state index contributed by atoms with van der Waals surface area (Å²) in [7, 11) is 2.08. The molecule has 0 N–H and O–H groups in total. The Bertz CT molecular complexity index is 209. The van der Waals surface area contributed by atoms with E-state index in [0.717, 1.165) is 12.3 Å². The van der Waals surface area contributed by atoms with Gasteiger partial charge in [-0.2, -0.15) is 0 Å². The molecule has 14 heavy (non-hydrogen) atoms. The fourth-order valence-electron chi connectivity index (χ4n) is 3.10. The Hall–Kier alpha value is 0.350. The van der Waals surface area contributed by atoms with Crippen LogP contribution in [0.5, 0.6) is 0 Å². The van der Waals surface area contributed by atoms with Crippen molar-refractivity contribution >= 4 is 7.92 Å². The van der Waals surface area contributed by atoms with Crippen molar-refractivity contribution in [3.8, 4) is 0 Å². The molecule has 3 heteroatoms. The first-order chi connectivity index (χ1) is 6.68. The molecule has 0 aromatic rings. The second-order valence-electron chi connectivity index (χ2n) is 5.03. The molecule has 0 aliphatic carbocycles. The quantitative estimate of drug-likeness (QED) is 0.667. The van der Waals surface area contributed by atoms with E-state index in [-0.39, 0.29) is 7.92 Å². The molecule has 2 aliphatic heterocycles. The van der Waals surface area contributed by atoms with Gasteiger partial charge >= 0.3 is 0 Å². The lowest BCUT2D eigenvalue weighted by Crippen LogP contribution is -2.42. The van der Waals surface area contributed by atoms with Crippen LogP contribution in [0.1, 0.15) is 19.3 Å². The summed E-state index contributed by atoms with van der Waals surface area (Å²) in [6.07, 6.45) is 4.13. The Morgan fingerprint density at radius 1 is 1.50 bits per heavy atom. The monoisotopic (exact) mass is 215 g/mol. The van der Waals surface area contributed by atoms with Gasteiger partial charge in [0.15, 0.2) is 0 Å². The van der Waals surface area contributed by atoms with Gasteiger partial charge in [-0.25, -0.2) is 0 Å². The summed E-state index contributed by atoms with van der Waals surface area (Å²) in [5, 5.41) is 0. The van der Waals surface area contributed by atoms with Gasteiger partial charge in [0.25, 0.3) is 0 Å². The maximum atomic E-state index is 5.42. The highest BCUT2D eigenvalue weighted by Gasteiger charge is 2.48. The molecule has 2 heterocycles. The SMILES string of the molecule is COCC12CCCN1CC(P(C)C)C2. The minimum Gasteiger partial charge on any atom is -0.383 e. The number of nitrogens with zero attached hydrogens (tertiary/aromatic N) is 1. The molecule has 2 saturated heterocycles.